The number of fused-ring (bicyclic) bond motifs is 1. The molecule has 1 saturated heterocycles. The lowest BCUT2D eigenvalue weighted by Crippen LogP contribution is -2.26. The molecule has 2 aromatic heterocycles. The molecule has 1 atom stereocenters. The zero-order chi connectivity index (χ0) is 22.5. The summed E-state index contributed by atoms with van der Waals surface area (Å²) in [7, 11) is 1.92. The maximum absolute atomic E-state index is 14.4. The van der Waals surface area contributed by atoms with Crippen molar-refractivity contribution in [2.75, 3.05) is 31.6 Å². The molecule has 9 heteroatoms. The monoisotopic (exact) mass is 442 g/mol. The van der Waals surface area contributed by atoms with Gasteiger partial charge in [-0.15, -0.1) is 0 Å². The van der Waals surface area contributed by atoms with Gasteiger partial charge in [-0.1, -0.05) is 6.42 Å². The van der Waals surface area contributed by atoms with Gasteiger partial charge in [0, 0.05) is 24.8 Å². The van der Waals surface area contributed by atoms with Crippen LogP contribution in [0.15, 0.2) is 36.7 Å². The molecule has 4 rings (SSSR count). The lowest BCUT2D eigenvalue weighted by atomic mass is 10.0. The Bertz CT molecular complexity index is 1090. The lowest BCUT2D eigenvalue weighted by molar-refractivity contribution is 0.0954. The summed E-state index contributed by atoms with van der Waals surface area (Å²) < 4.78 is 29.7. The highest BCUT2D eigenvalue weighted by molar-refractivity contribution is 5.99. The number of hydrogen-bond acceptors (Lipinski definition) is 5. The van der Waals surface area contributed by atoms with Crippen LogP contribution in [0.3, 0.4) is 0 Å². The fourth-order valence-corrected chi connectivity index (χ4v) is 4.21. The Hall–Kier alpha value is -3.07. The zero-order valence-corrected chi connectivity index (χ0v) is 18.2. The third-order valence-corrected chi connectivity index (χ3v) is 5.85. The smallest absolute Gasteiger partial charge is 0.256 e. The molecule has 0 aliphatic carbocycles. The molecule has 0 bridgehead atoms. The zero-order valence-electron chi connectivity index (χ0n) is 18.2. The standard InChI is InChI=1S/C23H28F2N6O/c1-26-10-3-2-4-11-27-23(32)18-15-28-31-13-9-21(29-22(18)31)30-12-5-6-20(30)17-14-16(24)7-8-19(17)25/h7-9,13-15,20,26H,2-6,10-12H2,1H3,(H,27,32)/t20-/m1/s1. The van der Waals surface area contributed by atoms with Crippen molar-refractivity contribution in [3.05, 3.63) is 59.4 Å². The highest BCUT2D eigenvalue weighted by Crippen LogP contribution is 2.36. The van der Waals surface area contributed by atoms with Crippen molar-refractivity contribution >= 4 is 17.4 Å². The Morgan fingerprint density at radius 2 is 2.03 bits per heavy atom. The molecule has 1 aliphatic rings. The second-order valence-corrected chi connectivity index (χ2v) is 8.05. The van der Waals surface area contributed by atoms with Gasteiger partial charge in [0.25, 0.3) is 5.91 Å². The minimum atomic E-state index is -0.461. The SMILES string of the molecule is CNCCCCCNC(=O)c1cnn2ccc(N3CCC[C@@H]3c3cc(F)ccc3F)nc12. The molecule has 3 aromatic rings. The first-order valence-corrected chi connectivity index (χ1v) is 11.1. The summed E-state index contributed by atoms with van der Waals surface area (Å²) in [4.78, 5) is 19.3. The molecule has 7 nitrogen and oxygen atoms in total. The average molecular weight is 443 g/mol. The van der Waals surface area contributed by atoms with Crippen LogP contribution in [0.4, 0.5) is 14.6 Å². The molecule has 1 amide bonds. The number of nitrogens with one attached hydrogen (secondary N) is 2. The van der Waals surface area contributed by atoms with E-state index in [0.29, 0.717) is 42.1 Å². The van der Waals surface area contributed by atoms with Crippen molar-refractivity contribution in [2.24, 2.45) is 0 Å². The van der Waals surface area contributed by atoms with E-state index in [0.717, 1.165) is 44.4 Å². The Labute approximate surface area is 185 Å². The Morgan fingerprint density at radius 3 is 2.88 bits per heavy atom. The largest absolute Gasteiger partial charge is 0.352 e. The Morgan fingerprint density at radius 1 is 1.19 bits per heavy atom. The molecule has 3 heterocycles. The minimum absolute atomic E-state index is 0.215. The third-order valence-electron chi connectivity index (χ3n) is 5.85. The van der Waals surface area contributed by atoms with Crippen molar-refractivity contribution in [3.8, 4) is 0 Å². The number of unbranched alkanes of at least 4 members (excludes halogenated alkanes) is 2. The lowest BCUT2D eigenvalue weighted by Gasteiger charge is -2.26. The first-order chi connectivity index (χ1) is 15.6. The molecule has 0 saturated carbocycles. The molecule has 0 spiro atoms. The number of carbonyl (C=O) groups excluding carboxylic acids is 1. The van der Waals surface area contributed by atoms with Crippen LogP contribution in [0.25, 0.3) is 5.65 Å². The summed E-state index contributed by atoms with van der Waals surface area (Å²) in [6, 6.07) is 5.03. The van der Waals surface area contributed by atoms with Crippen LogP contribution < -0.4 is 15.5 Å². The van der Waals surface area contributed by atoms with Gasteiger partial charge in [-0.3, -0.25) is 4.79 Å². The third kappa shape index (κ3) is 4.72. The van der Waals surface area contributed by atoms with Gasteiger partial charge in [0.15, 0.2) is 5.65 Å². The topological polar surface area (TPSA) is 74.6 Å². The van der Waals surface area contributed by atoms with E-state index in [9.17, 15) is 13.6 Å². The molecule has 2 N–H and O–H groups in total. The maximum Gasteiger partial charge on any atom is 0.256 e. The normalized spacial score (nSPS) is 16.1. The number of amides is 1. The van der Waals surface area contributed by atoms with E-state index in [-0.39, 0.29) is 11.9 Å². The van der Waals surface area contributed by atoms with E-state index >= 15 is 0 Å². The van der Waals surface area contributed by atoms with E-state index in [4.69, 9.17) is 0 Å². The summed E-state index contributed by atoms with van der Waals surface area (Å²) in [5, 5.41) is 10.3. The molecule has 1 aliphatic heterocycles. The molecule has 0 unspecified atom stereocenters. The summed E-state index contributed by atoms with van der Waals surface area (Å²) in [6.07, 6.45) is 7.79. The fraction of sp³-hybridized carbons (Fsp3) is 0.435. The van der Waals surface area contributed by atoms with Crippen LogP contribution in [0.5, 0.6) is 0 Å². The molecular weight excluding hydrogens is 414 g/mol. The summed E-state index contributed by atoms with van der Waals surface area (Å²) in [6.45, 7) is 2.23. The highest BCUT2D eigenvalue weighted by Gasteiger charge is 2.30. The number of anilines is 1. The quantitative estimate of drug-likeness (QED) is 0.497. The van der Waals surface area contributed by atoms with E-state index in [1.54, 1.807) is 16.8 Å². The number of carbonyl (C=O) groups is 1. The molecule has 0 radical (unpaired) electrons. The summed E-state index contributed by atoms with van der Waals surface area (Å²) in [5.41, 5.74) is 1.17. The van der Waals surface area contributed by atoms with E-state index in [1.165, 1.54) is 12.3 Å². The summed E-state index contributed by atoms with van der Waals surface area (Å²) in [5.74, 6) is -0.487. The van der Waals surface area contributed by atoms with Gasteiger partial charge in [-0.25, -0.2) is 18.3 Å². The van der Waals surface area contributed by atoms with Crippen molar-refractivity contribution in [3.63, 3.8) is 0 Å². The number of benzene rings is 1. The van der Waals surface area contributed by atoms with E-state index in [1.807, 2.05) is 11.9 Å². The number of halogens is 2. The van der Waals surface area contributed by atoms with Gasteiger partial charge in [0.1, 0.15) is 23.0 Å². The predicted molar refractivity (Wildman–Crippen MR) is 119 cm³/mol. The van der Waals surface area contributed by atoms with Crippen molar-refractivity contribution in [1.29, 1.82) is 0 Å². The van der Waals surface area contributed by atoms with Gasteiger partial charge in [0.05, 0.1) is 12.2 Å². The molecule has 1 fully saturated rings. The summed E-state index contributed by atoms with van der Waals surface area (Å²) >= 11 is 0. The number of rotatable bonds is 9. The molecular formula is C23H28F2N6O. The number of nitrogens with zero attached hydrogens (tertiary/aromatic N) is 4. The minimum Gasteiger partial charge on any atom is -0.352 e. The molecule has 1 aromatic carbocycles. The van der Waals surface area contributed by atoms with Crippen LogP contribution in [-0.4, -0.2) is 47.2 Å². The van der Waals surface area contributed by atoms with Crippen LogP contribution >= 0.6 is 0 Å². The molecule has 170 valence electrons. The Balaban J connectivity index is 1.52. The van der Waals surface area contributed by atoms with Gasteiger partial charge >= 0.3 is 0 Å². The van der Waals surface area contributed by atoms with Gasteiger partial charge in [-0.05, 0) is 63.5 Å². The fourth-order valence-electron chi connectivity index (χ4n) is 4.21. The van der Waals surface area contributed by atoms with Gasteiger partial charge in [-0.2, -0.15) is 5.10 Å². The first-order valence-electron chi connectivity index (χ1n) is 11.1. The van der Waals surface area contributed by atoms with Gasteiger partial charge < -0.3 is 15.5 Å². The Kier molecular flexibility index (Phi) is 6.94. The number of hydrogen-bond donors (Lipinski definition) is 2. The van der Waals surface area contributed by atoms with Crippen molar-refractivity contribution in [1.82, 2.24) is 25.2 Å². The average Bonchev–Trinajstić information content (AvgIpc) is 3.44. The van der Waals surface area contributed by atoms with Crippen LogP contribution in [0.1, 0.15) is 54.1 Å². The second kappa shape index (κ2) is 10.0. The van der Waals surface area contributed by atoms with E-state index < -0.39 is 11.6 Å². The number of aromatic nitrogens is 3. The van der Waals surface area contributed by atoms with Gasteiger partial charge in [0.2, 0.25) is 0 Å². The van der Waals surface area contributed by atoms with Crippen molar-refractivity contribution < 1.29 is 13.6 Å². The first kappa shape index (κ1) is 22.1. The van der Waals surface area contributed by atoms with Crippen LogP contribution in [0, 0.1) is 11.6 Å². The maximum atomic E-state index is 14.4. The second-order valence-electron chi connectivity index (χ2n) is 8.05. The predicted octanol–water partition coefficient (Wildman–Crippen LogP) is 3.47. The van der Waals surface area contributed by atoms with Crippen LogP contribution in [0.2, 0.25) is 0 Å². The highest BCUT2D eigenvalue weighted by atomic mass is 19.1. The van der Waals surface area contributed by atoms with Crippen molar-refractivity contribution in [2.45, 2.75) is 38.1 Å². The van der Waals surface area contributed by atoms with E-state index in [2.05, 4.69) is 20.7 Å². The molecule has 32 heavy (non-hydrogen) atoms. The van der Waals surface area contributed by atoms with Crippen LogP contribution in [-0.2, 0) is 0 Å².